The van der Waals surface area contributed by atoms with E-state index in [9.17, 15) is 9.59 Å². The zero-order chi connectivity index (χ0) is 16.1. The van der Waals surface area contributed by atoms with Crippen molar-refractivity contribution in [1.82, 2.24) is 10.3 Å². The minimum absolute atomic E-state index is 0.0942. The normalized spacial score (nSPS) is 10.3. The molecule has 2 amide bonds. The number of hydrogen-bond donors (Lipinski definition) is 2. The minimum atomic E-state index is -0.249. The van der Waals surface area contributed by atoms with E-state index in [1.165, 1.54) is 0 Å². The Labute approximate surface area is 128 Å². The van der Waals surface area contributed by atoms with E-state index in [4.69, 9.17) is 4.42 Å². The van der Waals surface area contributed by atoms with Gasteiger partial charge < -0.3 is 15.1 Å². The number of carbonyl (C=O) groups is 2. The highest BCUT2D eigenvalue weighted by Gasteiger charge is 2.10. The summed E-state index contributed by atoms with van der Waals surface area (Å²) in [5.41, 5.74) is 1.88. The molecule has 2 N–H and O–H groups in total. The van der Waals surface area contributed by atoms with Crippen molar-refractivity contribution < 1.29 is 14.0 Å². The third-order valence-electron chi connectivity index (χ3n) is 3.20. The Hall–Kier alpha value is -2.63. The van der Waals surface area contributed by atoms with Gasteiger partial charge >= 0.3 is 0 Å². The summed E-state index contributed by atoms with van der Waals surface area (Å²) in [4.78, 5) is 27.7. The molecule has 0 saturated heterocycles. The predicted octanol–water partition coefficient (Wildman–Crippen LogP) is 2.57. The van der Waals surface area contributed by atoms with Crippen LogP contribution in [0.15, 0.2) is 28.7 Å². The van der Waals surface area contributed by atoms with Crippen molar-refractivity contribution in [3.63, 3.8) is 0 Å². The summed E-state index contributed by atoms with van der Waals surface area (Å²) in [5.74, 6) is 0.872. The van der Waals surface area contributed by atoms with Crippen LogP contribution in [-0.2, 0) is 11.3 Å². The van der Waals surface area contributed by atoms with Gasteiger partial charge in [-0.2, -0.15) is 0 Å². The van der Waals surface area contributed by atoms with Gasteiger partial charge in [-0.05, 0) is 32.0 Å². The summed E-state index contributed by atoms with van der Waals surface area (Å²) < 4.78 is 5.41. The largest absolute Gasteiger partial charge is 0.444 e. The second-order valence-electron chi connectivity index (χ2n) is 4.91. The fourth-order valence-electron chi connectivity index (χ4n) is 1.86. The second kappa shape index (κ2) is 6.89. The van der Waals surface area contributed by atoms with Gasteiger partial charge in [0, 0.05) is 17.7 Å². The Morgan fingerprint density at radius 2 is 2.05 bits per heavy atom. The van der Waals surface area contributed by atoms with Crippen molar-refractivity contribution >= 4 is 17.5 Å². The van der Waals surface area contributed by atoms with Gasteiger partial charge in [0.2, 0.25) is 11.8 Å². The van der Waals surface area contributed by atoms with Gasteiger partial charge in [0.1, 0.15) is 5.76 Å². The maximum absolute atomic E-state index is 12.1. The van der Waals surface area contributed by atoms with Gasteiger partial charge in [0.25, 0.3) is 5.91 Å². The molecule has 0 unspecified atom stereocenters. The number of hydrogen-bond acceptors (Lipinski definition) is 4. The fourth-order valence-corrected chi connectivity index (χ4v) is 1.86. The number of anilines is 1. The smallest absolute Gasteiger partial charge is 0.251 e. The Morgan fingerprint density at radius 1 is 1.27 bits per heavy atom. The lowest BCUT2D eigenvalue weighted by atomic mass is 10.2. The lowest BCUT2D eigenvalue weighted by Gasteiger charge is -2.06. The van der Waals surface area contributed by atoms with Crippen LogP contribution >= 0.6 is 0 Å². The van der Waals surface area contributed by atoms with Crippen LogP contribution in [0.5, 0.6) is 0 Å². The lowest BCUT2D eigenvalue weighted by Crippen LogP contribution is -2.23. The highest BCUT2D eigenvalue weighted by Crippen LogP contribution is 2.12. The zero-order valence-electron chi connectivity index (χ0n) is 12.9. The van der Waals surface area contributed by atoms with E-state index in [0.29, 0.717) is 23.6 Å². The predicted molar refractivity (Wildman–Crippen MR) is 82.5 cm³/mol. The number of oxazole rings is 1. The average Bonchev–Trinajstić information content (AvgIpc) is 2.83. The molecule has 0 radical (unpaired) electrons. The summed E-state index contributed by atoms with van der Waals surface area (Å²) >= 11 is 0. The third kappa shape index (κ3) is 3.94. The van der Waals surface area contributed by atoms with Crippen LogP contribution in [0.25, 0.3) is 0 Å². The molecule has 1 heterocycles. The van der Waals surface area contributed by atoms with Crippen LogP contribution in [0.2, 0.25) is 0 Å². The average molecular weight is 301 g/mol. The second-order valence-corrected chi connectivity index (χ2v) is 4.91. The van der Waals surface area contributed by atoms with Gasteiger partial charge in [0.15, 0.2) is 0 Å². The fraction of sp³-hybridized carbons (Fsp3) is 0.312. The highest BCUT2D eigenvalue weighted by molar-refractivity contribution is 5.97. The maximum atomic E-state index is 12.1. The van der Waals surface area contributed by atoms with E-state index < -0.39 is 0 Å². The Balaban J connectivity index is 2.00. The van der Waals surface area contributed by atoms with Crippen molar-refractivity contribution in [2.45, 2.75) is 33.7 Å². The number of carbonyl (C=O) groups excluding carboxylic acids is 2. The summed E-state index contributed by atoms with van der Waals surface area (Å²) in [6, 6.07) is 6.78. The van der Waals surface area contributed by atoms with Gasteiger partial charge in [-0.25, -0.2) is 4.98 Å². The number of benzene rings is 1. The first-order valence-electron chi connectivity index (χ1n) is 7.10. The maximum Gasteiger partial charge on any atom is 0.251 e. The number of amides is 2. The van der Waals surface area contributed by atoms with Gasteiger partial charge in [0.05, 0.1) is 12.2 Å². The summed E-state index contributed by atoms with van der Waals surface area (Å²) in [7, 11) is 0. The van der Waals surface area contributed by atoms with E-state index in [1.54, 1.807) is 31.2 Å². The van der Waals surface area contributed by atoms with Crippen molar-refractivity contribution in [2.75, 3.05) is 5.32 Å². The van der Waals surface area contributed by atoms with Crippen LogP contribution < -0.4 is 10.6 Å². The minimum Gasteiger partial charge on any atom is -0.444 e. The first kappa shape index (κ1) is 15.8. The van der Waals surface area contributed by atoms with E-state index in [0.717, 1.165) is 11.5 Å². The van der Waals surface area contributed by atoms with Crippen LogP contribution in [0.3, 0.4) is 0 Å². The third-order valence-corrected chi connectivity index (χ3v) is 3.20. The van der Waals surface area contributed by atoms with Gasteiger partial charge in [-0.1, -0.05) is 13.0 Å². The Morgan fingerprint density at radius 3 is 2.68 bits per heavy atom. The van der Waals surface area contributed by atoms with Crippen molar-refractivity contribution in [2.24, 2.45) is 0 Å². The molecule has 0 aliphatic rings. The molecule has 1 aromatic heterocycles. The molecular weight excluding hydrogens is 282 g/mol. The molecule has 6 heteroatoms. The van der Waals surface area contributed by atoms with Gasteiger partial charge in [-0.15, -0.1) is 0 Å². The molecule has 0 spiro atoms. The van der Waals surface area contributed by atoms with E-state index >= 15 is 0 Å². The van der Waals surface area contributed by atoms with E-state index in [2.05, 4.69) is 15.6 Å². The van der Waals surface area contributed by atoms with Crippen LogP contribution in [0.1, 0.15) is 41.0 Å². The van der Waals surface area contributed by atoms with Crippen LogP contribution in [0, 0.1) is 13.8 Å². The summed E-state index contributed by atoms with van der Waals surface area (Å²) in [6.45, 7) is 5.67. The first-order valence-corrected chi connectivity index (χ1v) is 7.10. The number of nitrogens with one attached hydrogen (secondary N) is 2. The molecule has 0 saturated carbocycles. The standard InChI is InChI=1S/C16H19N3O3/c1-4-14(20)19-13-7-5-6-12(8-13)16(21)17-9-15-18-10(2)11(3)22-15/h5-8H,4,9H2,1-3H3,(H,17,21)(H,19,20). The summed E-state index contributed by atoms with van der Waals surface area (Å²) in [6.07, 6.45) is 0.388. The topological polar surface area (TPSA) is 84.2 Å². The highest BCUT2D eigenvalue weighted by atomic mass is 16.4. The SMILES string of the molecule is CCC(=O)Nc1cccc(C(=O)NCc2nc(C)c(C)o2)c1. The number of aromatic nitrogens is 1. The molecule has 0 aliphatic heterocycles. The molecule has 0 atom stereocenters. The molecule has 2 aromatic rings. The zero-order valence-corrected chi connectivity index (χ0v) is 12.9. The van der Waals surface area contributed by atoms with Crippen LogP contribution in [-0.4, -0.2) is 16.8 Å². The number of aryl methyl sites for hydroxylation is 2. The molecule has 22 heavy (non-hydrogen) atoms. The first-order chi connectivity index (χ1) is 10.5. The quantitative estimate of drug-likeness (QED) is 0.889. The molecule has 0 bridgehead atoms. The molecule has 6 nitrogen and oxygen atoms in total. The van der Waals surface area contributed by atoms with Crippen molar-refractivity contribution in [1.29, 1.82) is 0 Å². The van der Waals surface area contributed by atoms with E-state index in [1.807, 2.05) is 13.8 Å². The lowest BCUT2D eigenvalue weighted by molar-refractivity contribution is -0.115. The van der Waals surface area contributed by atoms with Crippen molar-refractivity contribution in [3.8, 4) is 0 Å². The number of nitrogens with zero attached hydrogens (tertiary/aromatic N) is 1. The summed E-state index contributed by atoms with van der Waals surface area (Å²) in [5, 5.41) is 5.46. The van der Waals surface area contributed by atoms with Gasteiger partial charge in [-0.3, -0.25) is 9.59 Å². The molecule has 1 aromatic carbocycles. The number of rotatable bonds is 5. The Kier molecular flexibility index (Phi) is 4.93. The van der Waals surface area contributed by atoms with Crippen LogP contribution in [0.4, 0.5) is 5.69 Å². The monoisotopic (exact) mass is 301 g/mol. The molecular formula is C16H19N3O3. The molecule has 116 valence electrons. The van der Waals surface area contributed by atoms with Crippen molar-refractivity contribution in [3.05, 3.63) is 47.2 Å². The molecule has 0 fully saturated rings. The Bertz CT molecular complexity index is 672. The van der Waals surface area contributed by atoms with E-state index in [-0.39, 0.29) is 18.4 Å². The molecule has 0 aliphatic carbocycles. The molecule has 2 rings (SSSR count).